The van der Waals surface area contributed by atoms with E-state index in [4.69, 9.17) is 10.7 Å². The fraction of sp³-hybridized carbons (Fsp3) is 0.100. The summed E-state index contributed by atoms with van der Waals surface area (Å²) in [6, 6.07) is 19.7. The number of nitrogens with zero attached hydrogens (tertiary/aromatic N) is 2. The molecule has 2 heterocycles. The highest BCUT2D eigenvalue weighted by Crippen LogP contribution is 2.33. The molecule has 0 aliphatic rings. The molecule has 6 nitrogen and oxygen atoms in total. The highest BCUT2D eigenvalue weighted by atomic mass is 19.4. The van der Waals surface area contributed by atoms with Gasteiger partial charge < -0.3 is 16.4 Å². The Labute approximate surface area is 226 Å². The topological polar surface area (TPSA) is 92.9 Å². The number of para-hydroxylation sites is 1. The summed E-state index contributed by atoms with van der Waals surface area (Å²) >= 11 is 0. The van der Waals surface area contributed by atoms with Crippen molar-refractivity contribution in [2.45, 2.75) is 20.0 Å². The zero-order chi connectivity index (χ0) is 28.6. The van der Waals surface area contributed by atoms with Crippen LogP contribution in [0.5, 0.6) is 0 Å². The number of rotatable bonds is 5. The predicted octanol–water partition coefficient (Wildman–Crippen LogP) is 7.65. The molecule has 2 aromatic heterocycles. The van der Waals surface area contributed by atoms with Crippen molar-refractivity contribution in [1.82, 2.24) is 9.97 Å². The minimum Gasteiger partial charge on any atom is -0.398 e. The molecule has 0 fully saturated rings. The molecule has 0 aliphatic heterocycles. The summed E-state index contributed by atoms with van der Waals surface area (Å²) in [6.07, 6.45) is -4.82. The predicted molar refractivity (Wildman–Crippen MR) is 148 cm³/mol. The van der Waals surface area contributed by atoms with Crippen LogP contribution in [0.4, 0.5) is 40.4 Å². The van der Waals surface area contributed by atoms with Gasteiger partial charge in [-0.15, -0.1) is 0 Å². The molecule has 4 N–H and O–H groups in total. The van der Waals surface area contributed by atoms with Crippen molar-refractivity contribution in [3.05, 3.63) is 107 Å². The largest absolute Gasteiger partial charge is 0.416 e. The number of nitrogens with two attached hydrogens (primary N) is 1. The summed E-state index contributed by atoms with van der Waals surface area (Å²) in [5, 5.41) is 5.76. The number of amides is 1. The second-order valence-electron chi connectivity index (χ2n) is 9.26. The van der Waals surface area contributed by atoms with E-state index in [0.717, 1.165) is 22.8 Å². The number of nitrogen functional groups attached to an aromatic ring is 1. The van der Waals surface area contributed by atoms with Gasteiger partial charge in [-0.05, 0) is 73.5 Å². The lowest BCUT2D eigenvalue weighted by molar-refractivity contribution is -0.137. The van der Waals surface area contributed by atoms with Crippen LogP contribution in [0.1, 0.15) is 27.0 Å². The fourth-order valence-electron chi connectivity index (χ4n) is 4.25. The summed E-state index contributed by atoms with van der Waals surface area (Å²) < 4.78 is 53.8. The summed E-state index contributed by atoms with van der Waals surface area (Å²) in [6.45, 7) is 3.76. The maximum Gasteiger partial charge on any atom is 0.416 e. The first-order valence-electron chi connectivity index (χ1n) is 12.2. The van der Waals surface area contributed by atoms with Crippen molar-refractivity contribution >= 4 is 39.8 Å². The number of pyridine rings is 2. The standard InChI is InChI=1S/C30H23F4N5O/c1-16-6-3-4-9-23(16)37-28-27(39-29(40)18-12-19(30(32,33)34)14-20(31)13-18)15-26-25(38-28)11-10-24(36-26)21-7-5-8-22(35)17(21)2/h3-15H,35H2,1-2H3,(H,37,38)(H,39,40). The van der Waals surface area contributed by atoms with E-state index in [1.807, 2.05) is 50.2 Å². The third-order valence-corrected chi connectivity index (χ3v) is 6.46. The van der Waals surface area contributed by atoms with Crippen LogP contribution in [0.25, 0.3) is 22.3 Å². The lowest BCUT2D eigenvalue weighted by Crippen LogP contribution is -2.16. The Hall–Kier alpha value is -4.99. The monoisotopic (exact) mass is 545 g/mol. The number of carbonyl (C=O) groups is 1. The number of hydrogen-bond acceptors (Lipinski definition) is 5. The molecule has 5 rings (SSSR count). The van der Waals surface area contributed by atoms with Gasteiger partial charge in [0.2, 0.25) is 0 Å². The van der Waals surface area contributed by atoms with Crippen molar-refractivity contribution in [1.29, 1.82) is 0 Å². The minimum atomic E-state index is -4.82. The number of nitrogens with one attached hydrogen (secondary N) is 2. The Morgan fingerprint density at radius 1 is 0.850 bits per heavy atom. The van der Waals surface area contributed by atoms with Crippen LogP contribution in [0.3, 0.4) is 0 Å². The van der Waals surface area contributed by atoms with Crippen LogP contribution >= 0.6 is 0 Å². The molecule has 40 heavy (non-hydrogen) atoms. The molecule has 3 aromatic carbocycles. The summed E-state index contributed by atoms with van der Waals surface area (Å²) in [5.41, 5.74) is 9.86. The molecule has 0 aliphatic carbocycles. The minimum absolute atomic E-state index is 0.146. The Morgan fingerprint density at radius 2 is 1.62 bits per heavy atom. The van der Waals surface area contributed by atoms with E-state index in [-0.39, 0.29) is 11.5 Å². The lowest BCUT2D eigenvalue weighted by atomic mass is 10.0. The van der Waals surface area contributed by atoms with Crippen molar-refractivity contribution in [3.63, 3.8) is 0 Å². The molecule has 0 bridgehead atoms. The molecule has 202 valence electrons. The number of aromatic nitrogens is 2. The van der Waals surface area contributed by atoms with Gasteiger partial charge in [0.1, 0.15) is 5.82 Å². The fourth-order valence-corrected chi connectivity index (χ4v) is 4.25. The van der Waals surface area contributed by atoms with E-state index in [1.54, 1.807) is 24.3 Å². The van der Waals surface area contributed by atoms with Gasteiger partial charge in [0, 0.05) is 22.5 Å². The molecule has 0 atom stereocenters. The summed E-state index contributed by atoms with van der Waals surface area (Å²) in [5.74, 6) is -1.89. The highest BCUT2D eigenvalue weighted by Gasteiger charge is 2.32. The average Bonchev–Trinajstić information content (AvgIpc) is 2.90. The molecular formula is C30H23F4N5O. The van der Waals surface area contributed by atoms with E-state index in [1.165, 1.54) is 0 Å². The van der Waals surface area contributed by atoms with Crippen LogP contribution in [0.2, 0.25) is 0 Å². The normalized spacial score (nSPS) is 11.4. The Morgan fingerprint density at radius 3 is 2.38 bits per heavy atom. The zero-order valence-electron chi connectivity index (χ0n) is 21.4. The van der Waals surface area contributed by atoms with Gasteiger partial charge in [0.05, 0.1) is 28.0 Å². The maximum atomic E-state index is 14.0. The number of aryl methyl sites for hydroxylation is 1. The van der Waals surface area contributed by atoms with Gasteiger partial charge in [0.25, 0.3) is 5.91 Å². The first-order chi connectivity index (χ1) is 19.0. The second kappa shape index (κ2) is 10.3. The molecule has 1 amide bonds. The SMILES string of the molecule is Cc1ccccc1Nc1nc2ccc(-c3cccc(N)c3C)nc2cc1NC(=O)c1cc(F)cc(C(F)(F)F)c1. The van der Waals surface area contributed by atoms with Gasteiger partial charge >= 0.3 is 6.18 Å². The Balaban J connectivity index is 1.61. The quantitative estimate of drug-likeness (QED) is 0.156. The van der Waals surface area contributed by atoms with Crippen LogP contribution in [0.15, 0.2) is 78.9 Å². The Bertz CT molecular complexity index is 1770. The van der Waals surface area contributed by atoms with E-state index in [0.29, 0.717) is 40.2 Å². The molecule has 0 radical (unpaired) electrons. The number of anilines is 4. The van der Waals surface area contributed by atoms with Crippen molar-refractivity contribution in [2.75, 3.05) is 16.4 Å². The molecular weight excluding hydrogens is 522 g/mol. The van der Waals surface area contributed by atoms with Gasteiger partial charge in [-0.1, -0.05) is 30.3 Å². The third kappa shape index (κ3) is 5.42. The number of fused-ring (bicyclic) bond motifs is 1. The number of hydrogen-bond donors (Lipinski definition) is 3. The van der Waals surface area contributed by atoms with Crippen molar-refractivity contribution in [2.24, 2.45) is 0 Å². The summed E-state index contributed by atoms with van der Waals surface area (Å²) in [4.78, 5) is 22.4. The van der Waals surface area contributed by atoms with Gasteiger partial charge in [0.15, 0.2) is 5.82 Å². The molecule has 10 heteroatoms. The van der Waals surface area contributed by atoms with Crippen LogP contribution in [-0.2, 0) is 6.18 Å². The number of benzene rings is 3. The first kappa shape index (κ1) is 26.6. The molecule has 0 spiro atoms. The van der Waals surface area contributed by atoms with Gasteiger partial charge in [-0.3, -0.25) is 4.79 Å². The van der Waals surface area contributed by atoms with Crippen molar-refractivity contribution in [3.8, 4) is 11.3 Å². The molecule has 0 saturated heterocycles. The smallest absolute Gasteiger partial charge is 0.398 e. The average molecular weight is 546 g/mol. The molecule has 0 unspecified atom stereocenters. The van der Waals surface area contributed by atoms with E-state index < -0.39 is 29.0 Å². The number of carbonyl (C=O) groups excluding carboxylic acids is 1. The van der Waals surface area contributed by atoms with E-state index in [2.05, 4.69) is 15.6 Å². The maximum absolute atomic E-state index is 14.0. The van der Waals surface area contributed by atoms with Crippen molar-refractivity contribution < 1.29 is 22.4 Å². The molecule has 5 aromatic rings. The summed E-state index contributed by atoms with van der Waals surface area (Å²) in [7, 11) is 0. The Kier molecular flexibility index (Phi) is 6.85. The van der Waals surface area contributed by atoms with Crippen LogP contribution in [0, 0.1) is 19.7 Å². The van der Waals surface area contributed by atoms with Crippen LogP contribution in [-0.4, -0.2) is 15.9 Å². The highest BCUT2D eigenvalue weighted by molar-refractivity contribution is 6.07. The van der Waals surface area contributed by atoms with Crippen LogP contribution < -0.4 is 16.4 Å². The lowest BCUT2D eigenvalue weighted by Gasteiger charge is -2.16. The van der Waals surface area contributed by atoms with Gasteiger partial charge in [-0.2, -0.15) is 13.2 Å². The third-order valence-electron chi connectivity index (χ3n) is 6.46. The van der Waals surface area contributed by atoms with E-state index in [9.17, 15) is 22.4 Å². The van der Waals surface area contributed by atoms with E-state index >= 15 is 0 Å². The number of alkyl halides is 3. The first-order valence-corrected chi connectivity index (χ1v) is 12.2. The molecule has 0 saturated carbocycles. The number of halogens is 4. The zero-order valence-corrected chi connectivity index (χ0v) is 21.4. The van der Waals surface area contributed by atoms with Gasteiger partial charge in [-0.25, -0.2) is 14.4 Å². The second-order valence-corrected chi connectivity index (χ2v) is 9.26.